The van der Waals surface area contributed by atoms with Crippen molar-refractivity contribution < 1.29 is 0 Å². The largest absolute Gasteiger partial charge is 0.342 e. The minimum Gasteiger partial charge on any atom is -0.342 e. The van der Waals surface area contributed by atoms with Crippen molar-refractivity contribution in [1.82, 2.24) is 24.9 Å². The van der Waals surface area contributed by atoms with Crippen LogP contribution < -0.4 is 0 Å². The van der Waals surface area contributed by atoms with Crippen LogP contribution in [0.2, 0.25) is 0 Å². The first-order valence-corrected chi connectivity index (χ1v) is 13.2. The minimum atomic E-state index is 0.331. The SMILES string of the molecule is CCc1ncc(-c2ccc3cc(-c4ccc5c(c4)c4ccncc4c4nc(C(C)C)[nH]c54)sc3c2)[nH]1. The lowest BCUT2D eigenvalue weighted by Crippen LogP contribution is -1.88. The molecular formula is C30H25N5S. The second-order valence-corrected chi connectivity index (χ2v) is 10.7. The van der Waals surface area contributed by atoms with E-state index in [2.05, 4.69) is 89.2 Å². The summed E-state index contributed by atoms with van der Waals surface area (Å²) in [5, 5.41) is 5.95. The molecule has 5 nitrogen and oxygen atoms in total. The number of benzene rings is 3. The van der Waals surface area contributed by atoms with Gasteiger partial charge in [0.25, 0.3) is 0 Å². The van der Waals surface area contributed by atoms with Gasteiger partial charge in [0.15, 0.2) is 0 Å². The Bertz CT molecular complexity index is 1920. The minimum absolute atomic E-state index is 0.331. The van der Waals surface area contributed by atoms with Gasteiger partial charge in [-0.3, -0.25) is 4.98 Å². The summed E-state index contributed by atoms with van der Waals surface area (Å²) >= 11 is 1.83. The molecule has 0 bridgehead atoms. The first-order chi connectivity index (χ1) is 17.6. The van der Waals surface area contributed by atoms with Crippen LogP contribution in [0.5, 0.6) is 0 Å². The van der Waals surface area contributed by atoms with E-state index in [4.69, 9.17) is 4.98 Å². The molecule has 4 aromatic heterocycles. The molecule has 7 rings (SSSR count). The zero-order chi connectivity index (χ0) is 24.4. The van der Waals surface area contributed by atoms with Crippen molar-refractivity contribution in [2.75, 3.05) is 0 Å². The molecule has 0 spiro atoms. The first-order valence-electron chi connectivity index (χ1n) is 12.4. The van der Waals surface area contributed by atoms with Gasteiger partial charge in [0.1, 0.15) is 11.6 Å². The first kappa shape index (κ1) is 21.3. The Balaban J connectivity index is 1.40. The molecule has 0 unspecified atom stereocenters. The summed E-state index contributed by atoms with van der Waals surface area (Å²) < 4.78 is 1.27. The van der Waals surface area contributed by atoms with Gasteiger partial charge < -0.3 is 9.97 Å². The third-order valence-corrected chi connectivity index (χ3v) is 8.15. The van der Waals surface area contributed by atoms with Crippen molar-refractivity contribution in [3.63, 3.8) is 0 Å². The van der Waals surface area contributed by atoms with Crippen molar-refractivity contribution in [1.29, 1.82) is 0 Å². The molecule has 0 atom stereocenters. The molecule has 0 radical (unpaired) electrons. The number of imidazole rings is 2. The van der Waals surface area contributed by atoms with Gasteiger partial charge >= 0.3 is 0 Å². The Hall–Kier alpha value is -4.03. The lowest BCUT2D eigenvalue weighted by atomic mass is 9.99. The predicted molar refractivity (Wildman–Crippen MR) is 151 cm³/mol. The number of rotatable bonds is 4. The van der Waals surface area contributed by atoms with Gasteiger partial charge in [-0.1, -0.05) is 45.0 Å². The van der Waals surface area contributed by atoms with Gasteiger partial charge in [-0.25, -0.2) is 9.97 Å². The molecule has 176 valence electrons. The van der Waals surface area contributed by atoms with E-state index >= 15 is 0 Å². The average Bonchev–Trinajstić information content (AvgIpc) is 3.66. The maximum atomic E-state index is 4.94. The van der Waals surface area contributed by atoms with Crippen LogP contribution in [0.25, 0.3) is 64.4 Å². The van der Waals surface area contributed by atoms with Crippen LogP contribution in [0.15, 0.2) is 67.1 Å². The number of nitrogens with one attached hydrogen (secondary N) is 2. The summed E-state index contributed by atoms with van der Waals surface area (Å²) in [6.07, 6.45) is 6.65. The molecule has 6 heteroatoms. The van der Waals surface area contributed by atoms with E-state index in [1.807, 2.05) is 29.9 Å². The fourth-order valence-corrected chi connectivity index (χ4v) is 6.14. The third kappa shape index (κ3) is 3.25. The highest BCUT2D eigenvalue weighted by Crippen LogP contribution is 2.40. The number of pyridine rings is 1. The van der Waals surface area contributed by atoms with Gasteiger partial charge in [-0.15, -0.1) is 11.3 Å². The van der Waals surface area contributed by atoms with E-state index in [1.165, 1.54) is 42.2 Å². The van der Waals surface area contributed by atoms with Gasteiger partial charge in [0.05, 0.1) is 22.9 Å². The number of thiophene rings is 1. The molecule has 0 saturated heterocycles. The molecule has 36 heavy (non-hydrogen) atoms. The number of aromatic amines is 2. The summed E-state index contributed by atoms with van der Waals surface area (Å²) in [5.74, 6) is 2.36. The molecular weight excluding hydrogens is 462 g/mol. The van der Waals surface area contributed by atoms with E-state index in [0.717, 1.165) is 40.2 Å². The number of fused-ring (bicyclic) bond motifs is 7. The Morgan fingerprint density at radius 3 is 2.58 bits per heavy atom. The lowest BCUT2D eigenvalue weighted by Gasteiger charge is -2.07. The molecule has 7 aromatic rings. The van der Waals surface area contributed by atoms with E-state index in [-0.39, 0.29) is 0 Å². The van der Waals surface area contributed by atoms with Crippen molar-refractivity contribution in [2.24, 2.45) is 0 Å². The zero-order valence-corrected chi connectivity index (χ0v) is 21.2. The summed E-state index contributed by atoms with van der Waals surface area (Å²) in [7, 11) is 0. The molecule has 2 N–H and O–H groups in total. The maximum Gasteiger partial charge on any atom is 0.109 e. The monoisotopic (exact) mass is 487 g/mol. The van der Waals surface area contributed by atoms with Crippen LogP contribution in [0.4, 0.5) is 0 Å². The molecule has 0 aliphatic carbocycles. The highest BCUT2D eigenvalue weighted by atomic mass is 32.1. The summed E-state index contributed by atoms with van der Waals surface area (Å²) in [6, 6.07) is 17.8. The Morgan fingerprint density at radius 1 is 0.861 bits per heavy atom. The number of H-pyrrole nitrogens is 2. The van der Waals surface area contributed by atoms with E-state index in [1.54, 1.807) is 0 Å². The zero-order valence-electron chi connectivity index (χ0n) is 20.4. The van der Waals surface area contributed by atoms with Crippen molar-refractivity contribution in [2.45, 2.75) is 33.1 Å². The van der Waals surface area contributed by atoms with Crippen LogP contribution in [0.1, 0.15) is 38.3 Å². The van der Waals surface area contributed by atoms with Gasteiger partial charge in [0, 0.05) is 50.6 Å². The average molecular weight is 488 g/mol. The van der Waals surface area contributed by atoms with Crippen LogP contribution in [0.3, 0.4) is 0 Å². The molecule has 0 aliphatic heterocycles. The van der Waals surface area contributed by atoms with Crippen LogP contribution >= 0.6 is 11.3 Å². The fourth-order valence-electron chi connectivity index (χ4n) is 5.04. The van der Waals surface area contributed by atoms with Crippen molar-refractivity contribution >= 4 is 54.0 Å². The molecule has 0 fully saturated rings. The molecule has 4 heterocycles. The van der Waals surface area contributed by atoms with Gasteiger partial charge in [-0.05, 0) is 46.0 Å². The summed E-state index contributed by atoms with van der Waals surface area (Å²) in [4.78, 5) is 22.1. The normalized spacial score (nSPS) is 12.1. The molecule has 0 saturated carbocycles. The topological polar surface area (TPSA) is 70.2 Å². The number of hydrogen-bond acceptors (Lipinski definition) is 4. The lowest BCUT2D eigenvalue weighted by molar-refractivity contribution is 0.799. The smallest absolute Gasteiger partial charge is 0.109 e. The molecule has 0 amide bonds. The number of aryl methyl sites for hydroxylation is 1. The predicted octanol–water partition coefficient (Wildman–Crippen LogP) is 8.22. The number of nitrogens with zero attached hydrogens (tertiary/aromatic N) is 3. The van der Waals surface area contributed by atoms with Crippen molar-refractivity contribution in [3.05, 3.63) is 78.8 Å². The highest BCUT2D eigenvalue weighted by molar-refractivity contribution is 7.22. The van der Waals surface area contributed by atoms with Gasteiger partial charge in [0.2, 0.25) is 0 Å². The Labute approximate surface area is 212 Å². The maximum absolute atomic E-state index is 4.94. The summed E-state index contributed by atoms with van der Waals surface area (Å²) in [6.45, 7) is 6.45. The van der Waals surface area contributed by atoms with Crippen LogP contribution in [-0.4, -0.2) is 24.9 Å². The summed E-state index contributed by atoms with van der Waals surface area (Å²) in [5.41, 5.74) is 5.55. The second kappa shape index (κ2) is 8.00. The van der Waals surface area contributed by atoms with Crippen LogP contribution in [0, 0.1) is 0 Å². The van der Waals surface area contributed by atoms with Crippen LogP contribution in [-0.2, 0) is 6.42 Å². The third-order valence-electron chi connectivity index (χ3n) is 7.00. The highest BCUT2D eigenvalue weighted by Gasteiger charge is 2.16. The quantitative estimate of drug-likeness (QED) is 0.246. The molecule has 3 aromatic carbocycles. The van der Waals surface area contributed by atoms with Gasteiger partial charge in [-0.2, -0.15) is 0 Å². The Kier molecular flexibility index (Phi) is 4.73. The van der Waals surface area contributed by atoms with E-state index < -0.39 is 0 Å². The van der Waals surface area contributed by atoms with E-state index in [0.29, 0.717) is 5.92 Å². The Morgan fingerprint density at radius 2 is 1.75 bits per heavy atom. The molecule has 0 aliphatic rings. The number of aromatic nitrogens is 5. The van der Waals surface area contributed by atoms with Crippen molar-refractivity contribution in [3.8, 4) is 21.7 Å². The fraction of sp³-hybridized carbons (Fsp3) is 0.167. The van der Waals surface area contributed by atoms with E-state index in [9.17, 15) is 0 Å². The second-order valence-electron chi connectivity index (χ2n) is 9.64. The number of hydrogen-bond donors (Lipinski definition) is 2. The standard InChI is InChI=1S/C30H25N5S/c1-4-27-32-15-24(33-27)17-5-6-19-13-26(36-25(19)12-17)18-7-8-21-22(11-18)20-9-10-31-14-23(20)29-28(21)34-30(35-29)16(2)3/h5-16H,4H2,1-3H3,(H,32,33)(H,34,35).